The average molecular weight is 405 g/mol. The van der Waals surface area contributed by atoms with Crippen molar-refractivity contribution in [2.24, 2.45) is 0 Å². The lowest BCUT2D eigenvalue weighted by atomic mass is 10.2. The van der Waals surface area contributed by atoms with Crippen molar-refractivity contribution in [3.63, 3.8) is 0 Å². The SMILES string of the molecule is CCOc1c(Cl)cccc1NS(=O)(=O)c1ccc(C)cc1Br. The van der Waals surface area contributed by atoms with Crippen molar-refractivity contribution in [3.8, 4) is 5.75 Å². The van der Waals surface area contributed by atoms with E-state index in [1.165, 1.54) is 0 Å². The van der Waals surface area contributed by atoms with Gasteiger partial charge in [0.2, 0.25) is 0 Å². The van der Waals surface area contributed by atoms with Gasteiger partial charge in [0, 0.05) is 4.47 Å². The molecule has 2 rings (SSSR count). The highest BCUT2D eigenvalue weighted by atomic mass is 79.9. The van der Waals surface area contributed by atoms with E-state index in [1.54, 1.807) is 43.3 Å². The summed E-state index contributed by atoms with van der Waals surface area (Å²) in [5.41, 5.74) is 1.27. The second-order valence-electron chi connectivity index (χ2n) is 4.59. The van der Waals surface area contributed by atoms with Gasteiger partial charge in [0.25, 0.3) is 10.0 Å². The van der Waals surface area contributed by atoms with Crippen LogP contribution < -0.4 is 9.46 Å². The Hall–Kier alpha value is -1.24. The molecule has 0 aliphatic heterocycles. The van der Waals surface area contributed by atoms with Crippen molar-refractivity contribution in [1.29, 1.82) is 0 Å². The molecular weight excluding hydrogens is 390 g/mol. The highest BCUT2D eigenvalue weighted by molar-refractivity contribution is 9.10. The standard InChI is InChI=1S/C15H15BrClNO3S/c1-3-21-15-12(17)5-4-6-13(15)18-22(19,20)14-8-7-10(2)9-11(14)16/h4-9,18H,3H2,1-2H3. The van der Waals surface area contributed by atoms with Crippen LogP contribution in [0.25, 0.3) is 0 Å². The Balaban J connectivity index is 2.43. The maximum Gasteiger partial charge on any atom is 0.263 e. The van der Waals surface area contributed by atoms with E-state index >= 15 is 0 Å². The molecule has 0 aliphatic rings. The first-order valence-electron chi connectivity index (χ1n) is 6.55. The number of hydrogen-bond acceptors (Lipinski definition) is 3. The van der Waals surface area contributed by atoms with Crippen LogP contribution in [-0.2, 0) is 10.0 Å². The van der Waals surface area contributed by atoms with E-state index < -0.39 is 10.0 Å². The zero-order chi connectivity index (χ0) is 16.3. The fourth-order valence-electron chi connectivity index (χ4n) is 1.90. The Bertz CT molecular complexity index is 793. The monoisotopic (exact) mass is 403 g/mol. The molecule has 0 saturated heterocycles. The Labute approximate surface area is 143 Å². The summed E-state index contributed by atoms with van der Waals surface area (Å²) in [5.74, 6) is 0.318. The van der Waals surface area contributed by atoms with Crippen molar-refractivity contribution in [1.82, 2.24) is 0 Å². The van der Waals surface area contributed by atoms with E-state index in [0.717, 1.165) is 5.56 Å². The molecule has 0 unspecified atom stereocenters. The molecule has 0 amide bonds. The van der Waals surface area contributed by atoms with Gasteiger partial charge >= 0.3 is 0 Å². The average Bonchev–Trinajstić information content (AvgIpc) is 2.42. The second kappa shape index (κ2) is 6.89. The molecule has 7 heteroatoms. The minimum absolute atomic E-state index is 0.153. The first kappa shape index (κ1) is 17.1. The maximum absolute atomic E-state index is 12.6. The Morgan fingerprint density at radius 2 is 2.00 bits per heavy atom. The zero-order valence-electron chi connectivity index (χ0n) is 12.1. The smallest absolute Gasteiger partial charge is 0.263 e. The van der Waals surface area contributed by atoms with E-state index in [-0.39, 0.29) is 4.90 Å². The first-order valence-corrected chi connectivity index (χ1v) is 9.21. The fraction of sp³-hybridized carbons (Fsp3) is 0.200. The molecule has 2 aromatic carbocycles. The van der Waals surface area contributed by atoms with Crippen LogP contribution >= 0.6 is 27.5 Å². The van der Waals surface area contributed by atoms with Crippen LogP contribution in [0.5, 0.6) is 5.75 Å². The molecule has 118 valence electrons. The van der Waals surface area contributed by atoms with Crippen LogP contribution in [-0.4, -0.2) is 15.0 Å². The number of para-hydroxylation sites is 1. The molecule has 0 atom stereocenters. The summed E-state index contributed by atoms with van der Waals surface area (Å²) in [6.45, 7) is 4.07. The highest BCUT2D eigenvalue weighted by Crippen LogP contribution is 2.35. The number of anilines is 1. The number of hydrogen-bond donors (Lipinski definition) is 1. The van der Waals surface area contributed by atoms with Crippen molar-refractivity contribution in [2.75, 3.05) is 11.3 Å². The summed E-state index contributed by atoms with van der Waals surface area (Å²) in [5, 5.41) is 0.352. The quantitative estimate of drug-likeness (QED) is 0.791. The minimum atomic E-state index is -3.75. The topological polar surface area (TPSA) is 55.4 Å². The molecule has 0 bridgehead atoms. The van der Waals surface area contributed by atoms with Crippen LogP contribution in [0.4, 0.5) is 5.69 Å². The number of aryl methyl sites for hydroxylation is 1. The van der Waals surface area contributed by atoms with E-state index in [1.807, 2.05) is 6.92 Å². The Kier molecular flexibility index (Phi) is 5.36. The number of benzene rings is 2. The van der Waals surface area contributed by atoms with Gasteiger partial charge in [0.1, 0.15) is 4.90 Å². The number of rotatable bonds is 5. The van der Waals surface area contributed by atoms with Crippen LogP contribution in [0.3, 0.4) is 0 Å². The van der Waals surface area contributed by atoms with Gasteiger partial charge in [-0.2, -0.15) is 0 Å². The molecule has 0 aliphatic carbocycles. The highest BCUT2D eigenvalue weighted by Gasteiger charge is 2.20. The van der Waals surface area contributed by atoms with Crippen LogP contribution in [0, 0.1) is 6.92 Å². The number of ether oxygens (including phenoxy) is 1. The van der Waals surface area contributed by atoms with Crippen molar-refractivity contribution in [2.45, 2.75) is 18.7 Å². The summed E-state index contributed by atoms with van der Waals surface area (Å²) < 4.78 is 33.6. The lowest BCUT2D eigenvalue weighted by molar-refractivity contribution is 0.342. The van der Waals surface area contributed by atoms with Crippen LogP contribution in [0.2, 0.25) is 5.02 Å². The molecule has 1 N–H and O–H groups in total. The third-order valence-corrected chi connectivity index (χ3v) is 5.52. The van der Waals surface area contributed by atoms with Crippen molar-refractivity contribution < 1.29 is 13.2 Å². The largest absolute Gasteiger partial charge is 0.490 e. The van der Waals surface area contributed by atoms with E-state index in [2.05, 4.69) is 20.7 Å². The molecule has 2 aromatic rings. The third-order valence-electron chi connectivity index (χ3n) is 2.88. The van der Waals surface area contributed by atoms with Gasteiger partial charge in [-0.1, -0.05) is 23.7 Å². The van der Waals surface area contributed by atoms with Gasteiger partial charge in [-0.3, -0.25) is 4.72 Å². The molecule has 0 saturated carbocycles. The molecule has 0 aromatic heterocycles. The molecule has 0 radical (unpaired) electrons. The van der Waals surface area contributed by atoms with Crippen molar-refractivity contribution >= 4 is 43.2 Å². The van der Waals surface area contributed by atoms with Gasteiger partial charge < -0.3 is 4.74 Å². The van der Waals surface area contributed by atoms with E-state index in [9.17, 15) is 8.42 Å². The summed E-state index contributed by atoms with van der Waals surface area (Å²) in [6.07, 6.45) is 0. The molecule has 4 nitrogen and oxygen atoms in total. The maximum atomic E-state index is 12.6. The Morgan fingerprint density at radius 1 is 1.27 bits per heavy atom. The number of halogens is 2. The lowest BCUT2D eigenvalue weighted by Gasteiger charge is -2.15. The molecule has 22 heavy (non-hydrogen) atoms. The predicted octanol–water partition coefficient (Wildman–Crippen LogP) is 4.61. The molecular formula is C15H15BrClNO3S. The van der Waals surface area contributed by atoms with Gasteiger partial charge in [-0.15, -0.1) is 0 Å². The Morgan fingerprint density at radius 3 is 2.64 bits per heavy atom. The molecule has 0 fully saturated rings. The third kappa shape index (κ3) is 3.74. The van der Waals surface area contributed by atoms with Crippen molar-refractivity contribution in [3.05, 3.63) is 51.5 Å². The second-order valence-corrected chi connectivity index (χ2v) is 7.50. The summed E-state index contributed by atoms with van der Waals surface area (Å²) in [7, 11) is -3.75. The van der Waals surface area contributed by atoms with Gasteiger partial charge in [0.15, 0.2) is 5.75 Å². The lowest BCUT2D eigenvalue weighted by Crippen LogP contribution is -2.14. The molecule has 0 spiro atoms. The van der Waals surface area contributed by atoms with Gasteiger partial charge in [-0.25, -0.2) is 8.42 Å². The summed E-state index contributed by atoms with van der Waals surface area (Å²) in [4.78, 5) is 0.153. The van der Waals surface area contributed by atoms with Gasteiger partial charge in [-0.05, 0) is 59.6 Å². The zero-order valence-corrected chi connectivity index (χ0v) is 15.2. The normalized spacial score (nSPS) is 11.3. The number of nitrogens with one attached hydrogen (secondary N) is 1. The molecule has 0 heterocycles. The van der Waals surface area contributed by atoms with Crippen LogP contribution in [0.15, 0.2) is 45.8 Å². The number of sulfonamides is 1. The predicted molar refractivity (Wildman–Crippen MR) is 92.3 cm³/mol. The summed E-state index contributed by atoms with van der Waals surface area (Å²) >= 11 is 9.35. The fourth-order valence-corrected chi connectivity index (χ4v) is 4.39. The minimum Gasteiger partial charge on any atom is -0.490 e. The summed E-state index contributed by atoms with van der Waals surface area (Å²) in [6, 6.07) is 9.94. The first-order chi connectivity index (χ1) is 10.3. The van der Waals surface area contributed by atoms with E-state index in [4.69, 9.17) is 16.3 Å². The van der Waals surface area contributed by atoms with E-state index in [0.29, 0.717) is 27.5 Å². The van der Waals surface area contributed by atoms with Crippen LogP contribution in [0.1, 0.15) is 12.5 Å². The van der Waals surface area contributed by atoms with Gasteiger partial charge in [0.05, 0.1) is 17.3 Å².